The maximum Gasteiger partial charge on any atom is 0.0998 e. The lowest BCUT2D eigenvalue weighted by Crippen LogP contribution is -1.85. The van der Waals surface area contributed by atoms with Crippen molar-refractivity contribution in [2.45, 2.75) is 0 Å². The molecule has 0 aliphatic heterocycles. The number of halogens is 1. The van der Waals surface area contributed by atoms with Gasteiger partial charge in [0.15, 0.2) is 0 Å². The molecule has 0 unspecified atom stereocenters. The standard InChI is InChI=1S/C19H12ClN/c20-17-8-3-5-14(12-17)11-16(13-21)19-10-4-7-15-6-1-2-9-18(15)19/h1-12H/b16-11-. The molecule has 0 spiro atoms. The lowest BCUT2D eigenvalue weighted by Gasteiger charge is -2.05. The molecule has 0 saturated heterocycles. The van der Waals surface area contributed by atoms with Gasteiger partial charge < -0.3 is 0 Å². The summed E-state index contributed by atoms with van der Waals surface area (Å²) in [6.07, 6.45) is 1.87. The second kappa shape index (κ2) is 5.83. The number of allylic oxidation sites excluding steroid dienone is 1. The molecule has 0 heterocycles. The number of fused-ring (bicyclic) bond motifs is 1. The van der Waals surface area contributed by atoms with E-state index in [9.17, 15) is 5.26 Å². The summed E-state index contributed by atoms with van der Waals surface area (Å²) in [7, 11) is 0. The Kier molecular flexibility index (Phi) is 3.73. The van der Waals surface area contributed by atoms with Crippen LogP contribution in [0.2, 0.25) is 5.02 Å². The van der Waals surface area contributed by atoms with Crippen molar-refractivity contribution in [3.63, 3.8) is 0 Å². The molecule has 0 aliphatic carbocycles. The fourth-order valence-electron chi connectivity index (χ4n) is 2.39. The molecule has 0 N–H and O–H groups in total. The van der Waals surface area contributed by atoms with Gasteiger partial charge in [0.05, 0.1) is 11.6 Å². The Bertz CT molecular complexity index is 867. The van der Waals surface area contributed by atoms with Gasteiger partial charge >= 0.3 is 0 Å². The topological polar surface area (TPSA) is 23.8 Å². The molecule has 100 valence electrons. The van der Waals surface area contributed by atoms with Gasteiger partial charge in [-0.15, -0.1) is 0 Å². The minimum Gasteiger partial charge on any atom is -0.192 e. The van der Waals surface area contributed by atoms with Gasteiger partial charge in [-0.2, -0.15) is 5.26 Å². The van der Waals surface area contributed by atoms with Crippen LogP contribution in [0.1, 0.15) is 11.1 Å². The molecule has 3 aromatic rings. The Hall–Kier alpha value is -2.56. The summed E-state index contributed by atoms with van der Waals surface area (Å²) < 4.78 is 0. The van der Waals surface area contributed by atoms with Crippen LogP contribution in [0.4, 0.5) is 0 Å². The molecular formula is C19H12ClN. The molecule has 0 atom stereocenters. The number of hydrogen-bond acceptors (Lipinski definition) is 1. The van der Waals surface area contributed by atoms with Gasteiger partial charge in [-0.05, 0) is 34.5 Å². The molecule has 0 radical (unpaired) electrons. The molecule has 0 saturated carbocycles. The summed E-state index contributed by atoms with van der Waals surface area (Å²) in [5.74, 6) is 0. The zero-order valence-electron chi connectivity index (χ0n) is 11.3. The summed E-state index contributed by atoms with van der Waals surface area (Å²) in [4.78, 5) is 0. The second-order valence-electron chi connectivity index (χ2n) is 4.75. The average Bonchev–Trinajstić information content (AvgIpc) is 2.52. The van der Waals surface area contributed by atoms with E-state index in [0.717, 1.165) is 21.9 Å². The van der Waals surface area contributed by atoms with Gasteiger partial charge in [-0.1, -0.05) is 66.2 Å². The third-order valence-corrected chi connectivity index (χ3v) is 3.60. The Labute approximate surface area is 128 Å². The highest BCUT2D eigenvalue weighted by Gasteiger charge is 2.06. The number of nitriles is 1. The molecule has 21 heavy (non-hydrogen) atoms. The van der Waals surface area contributed by atoms with Crippen molar-refractivity contribution in [1.82, 2.24) is 0 Å². The minimum absolute atomic E-state index is 0.633. The van der Waals surface area contributed by atoms with Gasteiger partial charge in [-0.25, -0.2) is 0 Å². The van der Waals surface area contributed by atoms with Gasteiger partial charge in [0.25, 0.3) is 0 Å². The smallest absolute Gasteiger partial charge is 0.0998 e. The second-order valence-corrected chi connectivity index (χ2v) is 5.19. The summed E-state index contributed by atoms with van der Waals surface area (Å²) in [6, 6.07) is 23.9. The Balaban J connectivity index is 2.17. The Morgan fingerprint density at radius 2 is 1.71 bits per heavy atom. The van der Waals surface area contributed by atoms with Crippen LogP contribution in [0.5, 0.6) is 0 Å². The monoisotopic (exact) mass is 289 g/mol. The molecule has 0 aromatic heterocycles. The van der Waals surface area contributed by atoms with E-state index in [2.05, 4.69) is 6.07 Å². The first-order valence-corrected chi connectivity index (χ1v) is 7.01. The van der Waals surface area contributed by atoms with Crippen LogP contribution in [0.25, 0.3) is 22.4 Å². The third-order valence-electron chi connectivity index (χ3n) is 3.36. The van der Waals surface area contributed by atoms with Gasteiger partial charge in [0.2, 0.25) is 0 Å². The van der Waals surface area contributed by atoms with E-state index in [4.69, 9.17) is 11.6 Å². The quantitative estimate of drug-likeness (QED) is 0.448. The molecule has 2 heteroatoms. The van der Waals surface area contributed by atoms with E-state index in [1.165, 1.54) is 0 Å². The maximum absolute atomic E-state index is 9.52. The number of rotatable bonds is 2. The zero-order valence-corrected chi connectivity index (χ0v) is 12.0. The van der Waals surface area contributed by atoms with E-state index < -0.39 is 0 Å². The number of benzene rings is 3. The molecule has 3 aromatic carbocycles. The van der Waals surface area contributed by atoms with Crippen molar-refractivity contribution in [3.8, 4) is 6.07 Å². The SMILES string of the molecule is N#C/C(=C/c1cccc(Cl)c1)c1cccc2ccccc12. The lowest BCUT2D eigenvalue weighted by atomic mass is 9.97. The predicted octanol–water partition coefficient (Wildman–Crippen LogP) is 5.56. The summed E-state index contributed by atoms with van der Waals surface area (Å²) in [5, 5.41) is 12.4. The van der Waals surface area contributed by atoms with Crippen LogP contribution < -0.4 is 0 Å². The maximum atomic E-state index is 9.52. The van der Waals surface area contributed by atoms with Crippen LogP contribution in [-0.4, -0.2) is 0 Å². The first kappa shape index (κ1) is 13.4. The highest BCUT2D eigenvalue weighted by atomic mass is 35.5. The predicted molar refractivity (Wildman–Crippen MR) is 88.9 cm³/mol. The fraction of sp³-hybridized carbons (Fsp3) is 0. The van der Waals surface area contributed by atoms with Gasteiger partial charge in [0, 0.05) is 10.6 Å². The summed E-state index contributed by atoms with van der Waals surface area (Å²) in [5.41, 5.74) is 2.50. The van der Waals surface area contributed by atoms with E-state index in [1.54, 1.807) is 0 Å². The number of hydrogen-bond donors (Lipinski definition) is 0. The van der Waals surface area contributed by atoms with Gasteiger partial charge in [-0.3, -0.25) is 0 Å². The van der Waals surface area contributed by atoms with Crippen molar-refractivity contribution < 1.29 is 0 Å². The molecular weight excluding hydrogens is 278 g/mol. The highest BCUT2D eigenvalue weighted by Crippen LogP contribution is 2.26. The lowest BCUT2D eigenvalue weighted by molar-refractivity contribution is 1.53. The van der Waals surface area contributed by atoms with Crippen LogP contribution in [-0.2, 0) is 0 Å². The summed E-state index contributed by atoms with van der Waals surface area (Å²) in [6.45, 7) is 0. The molecule has 3 rings (SSSR count). The van der Waals surface area contributed by atoms with Crippen LogP contribution >= 0.6 is 11.6 Å². The largest absolute Gasteiger partial charge is 0.192 e. The Morgan fingerprint density at radius 3 is 2.52 bits per heavy atom. The highest BCUT2D eigenvalue weighted by molar-refractivity contribution is 6.30. The van der Waals surface area contributed by atoms with E-state index >= 15 is 0 Å². The zero-order chi connectivity index (χ0) is 14.7. The van der Waals surface area contributed by atoms with E-state index in [-0.39, 0.29) is 0 Å². The normalized spacial score (nSPS) is 11.3. The van der Waals surface area contributed by atoms with Crippen molar-refractivity contribution in [1.29, 1.82) is 5.26 Å². The third kappa shape index (κ3) is 2.81. The first-order chi connectivity index (χ1) is 10.3. The van der Waals surface area contributed by atoms with Crippen LogP contribution in [0.3, 0.4) is 0 Å². The minimum atomic E-state index is 0.633. The van der Waals surface area contributed by atoms with E-state index in [1.807, 2.05) is 72.8 Å². The van der Waals surface area contributed by atoms with Gasteiger partial charge in [0.1, 0.15) is 0 Å². The molecule has 0 bridgehead atoms. The molecule has 0 aliphatic rings. The van der Waals surface area contributed by atoms with Crippen molar-refractivity contribution in [3.05, 3.63) is 82.9 Å². The first-order valence-electron chi connectivity index (χ1n) is 6.63. The van der Waals surface area contributed by atoms with Crippen molar-refractivity contribution in [2.24, 2.45) is 0 Å². The molecule has 1 nitrogen and oxygen atoms in total. The van der Waals surface area contributed by atoms with Crippen LogP contribution in [0, 0.1) is 11.3 Å². The average molecular weight is 290 g/mol. The van der Waals surface area contributed by atoms with Crippen molar-refractivity contribution in [2.75, 3.05) is 0 Å². The van der Waals surface area contributed by atoms with Crippen molar-refractivity contribution >= 4 is 34.0 Å². The molecule has 0 amide bonds. The summed E-state index contributed by atoms with van der Waals surface area (Å²) >= 11 is 6.00. The van der Waals surface area contributed by atoms with E-state index in [0.29, 0.717) is 10.6 Å². The number of nitrogens with zero attached hydrogens (tertiary/aromatic N) is 1. The fourth-order valence-corrected chi connectivity index (χ4v) is 2.59. The molecule has 0 fully saturated rings. The Morgan fingerprint density at radius 1 is 0.952 bits per heavy atom. The van der Waals surface area contributed by atoms with Crippen LogP contribution in [0.15, 0.2) is 66.7 Å².